The Morgan fingerprint density at radius 3 is 2.38 bits per heavy atom. The van der Waals surface area contributed by atoms with Gasteiger partial charge in [0.05, 0.1) is 0 Å². The molecule has 1 aromatic carbocycles. The van der Waals surface area contributed by atoms with E-state index >= 15 is 0 Å². The first-order valence-electron chi connectivity index (χ1n) is 8.75. The third-order valence-corrected chi connectivity index (χ3v) is 4.75. The fourth-order valence-corrected chi connectivity index (χ4v) is 3.31. The van der Waals surface area contributed by atoms with Gasteiger partial charge < -0.3 is 10.2 Å². The highest BCUT2D eigenvalue weighted by Gasteiger charge is 2.23. The van der Waals surface area contributed by atoms with Gasteiger partial charge in [-0.15, -0.1) is 0 Å². The zero-order valence-electron chi connectivity index (χ0n) is 14.0. The van der Waals surface area contributed by atoms with Crippen molar-refractivity contribution in [3.8, 4) is 0 Å². The second-order valence-electron chi connectivity index (χ2n) is 6.68. The molecular weight excluding hydrogens is 256 g/mol. The van der Waals surface area contributed by atoms with Gasteiger partial charge in [0.1, 0.15) is 0 Å². The van der Waals surface area contributed by atoms with Gasteiger partial charge in [-0.1, -0.05) is 50.1 Å². The SMILES string of the molecule is CCCCC(NC1CCN(C(C)C)CC1)c1ccccc1. The molecule has 1 saturated heterocycles. The topological polar surface area (TPSA) is 15.3 Å². The van der Waals surface area contributed by atoms with Crippen molar-refractivity contribution in [1.82, 2.24) is 10.2 Å². The molecule has 0 aromatic heterocycles. The Morgan fingerprint density at radius 2 is 1.81 bits per heavy atom. The fourth-order valence-electron chi connectivity index (χ4n) is 3.31. The number of hydrogen-bond donors (Lipinski definition) is 1. The minimum atomic E-state index is 0.529. The number of nitrogens with one attached hydrogen (secondary N) is 1. The van der Waals surface area contributed by atoms with Crippen molar-refractivity contribution in [1.29, 1.82) is 0 Å². The highest BCUT2D eigenvalue weighted by molar-refractivity contribution is 5.19. The second kappa shape index (κ2) is 8.55. The molecule has 1 fully saturated rings. The lowest BCUT2D eigenvalue weighted by Crippen LogP contribution is -2.45. The van der Waals surface area contributed by atoms with Crippen molar-refractivity contribution in [2.45, 2.75) is 71.0 Å². The summed E-state index contributed by atoms with van der Waals surface area (Å²) in [6.45, 7) is 9.38. The predicted molar refractivity (Wildman–Crippen MR) is 91.6 cm³/mol. The molecule has 1 N–H and O–H groups in total. The molecule has 0 bridgehead atoms. The number of likely N-dealkylation sites (tertiary alicyclic amines) is 1. The molecule has 1 unspecified atom stereocenters. The van der Waals surface area contributed by atoms with Crippen LogP contribution < -0.4 is 5.32 Å². The Kier molecular flexibility index (Phi) is 6.72. The molecule has 1 heterocycles. The van der Waals surface area contributed by atoms with Gasteiger partial charge >= 0.3 is 0 Å². The van der Waals surface area contributed by atoms with E-state index in [1.54, 1.807) is 0 Å². The number of hydrogen-bond acceptors (Lipinski definition) is 2. The summed E-state index contributed by atoms with van der Waals surface area (Å²) in [5.41, 5.74) is 1.46. The Hall–Kier alpha value is -0.860. The summed E-state index contributed by atoms with van der Waals surface area (Å²) in [5.74, 6) is 0. The normalized spacial score (nSPS) is 19.0. The molecule has 0 radical (unpaired) electrons. The van der Waals surface area contributed by atoms with Gasteiger partial charge in [0.15, 0.2) is 0 Å². The minimum absolute atomic E-state index is 0.529. The molecule has 1 atom stereocenters. The number of piperidine rings is 1. The predicted octanol–water partition coefficient (Wildman–Crippen LogP) is 4.38. The lowest BCUT2D eigenvalue weighted by molar-refractivity contribution is 0.155. The Morgan fingerprint density at radius 1 is 1.14 bits per heavy atom. The van der Waals surface area contributed by atoms with Crippen LogP contribution >= 0.6 is 0 Å². The van der Waals surface area contributed by atoms with Crippen LogP contribution in [-0.2, 0) is 0 Å². The van der Waals surface area contributed by atoms with E-state index in [1.165, 1.54) is 50.8 Å². The summed E-state index contributed by atoms with van der Waals surface area (Å²) in [4.78, 5) is 2.60. The van der Waals surface area contributed by atoms with Gasteiger partial charge in [-0.3, -0.25) is 0 Å². The van der Waals surface area contributed by atoms with E-state index in [9.17, 15) is 0 Å². The highest BCUT2D eigenvalue weighted by Crippen LogP contribution is 2.23. The van der Waals surface area contributed by atoms with Crippen LogP contribution in [0.25, 0.3) is 0 Å². The van der Waals surface area contributed by atoms with E-state index < -0.39 is 0 Å². The van der Waals surface area contributed by atoms with E-state index in [1.807, 2.05) is 0 Å². The molecule has 21 heavy (non-hydrogen) atoms. The summed E-state index contributed by atoms with van der Waals surface area (Å²) in [5, 5.41) is 3.94. The van der Waals surface area contributed by atoms with Crippen LogP contribution in [0.15, 0.2) is 30.3 Å². The van der Waals surface area contributed by atoms with Crippen LogP contribution in [-0.4, -0.2) is 30.1 Å². The van der Waals surface area contributed by atoms with Crippen molar-refractivity contribution in [3.63, 3.8) is 0 Å². The molecule has 118 valence electrons. The average Bonchev–Trinajstić information content (AvgIpc) is 2.52. The van der Waals surface area contributed by atoms with E-state index in [4.69, 9.17) is 0 Å². The standard InChI is InChI=1S/C19H32N2/c1-4-5-11-19(17-9-7-6-8-10-17)20-18-12-14-21(15-13-18)16(2)3/h6-10,16,18-20H,4-5,11-15H2,1-3H3. The largest absolute Gasteiger partial charge is 0.307 e. The van der Waals surface area contributed by atoms with Crippen molar-refractivity contribution in [2.75, 3.05) is 13.1 Å². The van der Waals surface area contributed by atoms with Crippen molar-refractivity contribution < 1.29 is 0 Å². The second-order valence-corrected chi connectivity index (χ2v) is 6.68. The van der Waals surface area contributed by atoms with Crippen LogP contribution in [0.1, 0.15) is 64.5 Å². The third-order valence-electron chi connectivity index (χ3n) is 4.75. The lowest BCUT2D eigenvalue weighted by atomic mass is 9.97. The van der Waals surface area contributed by atoms with Gasteiger partial charge in [0.25, 0.3) is 0 Å². The van der Waals surface area contributed by atoms with E-state index in [-0.39, 0.29) is 0 Å². The number of nitrogens with zero attached hydrogens (tertiary/aromatic N) is 1. The van der Waals surface area contributed by atoms with Gasteiger partial charge in [0.2, 0.25) is 0 Å². The van der Waals surface area contributed by atoms with Gasteiger partial charge in [-0.2, -0.15) is 0 Å². The Labute approximate surface area is 130 Å². The molecule has 1 aromatic rings. The van der Waals surface area contributed by atoms with Crippen molar-refractivity contribution >= 4 is 0 Å². The maximum Gasteiger partial charge on any atom is 0.0322 e. The Balaban J connectivity index is 1.90. The van der Waals surface area contributed by atoms with E-state index in [0.717, 1.165) is 0 Å². The van der Waals surface area contributed by atoms with Crippen LogP contribution in [0.3, 0.4) is 0 Å². The number of benzene rings is 1. The first-order valence-corrected chi connectivity index (χ1v) is 8.75. The highest BCUT2D eigenvalue weighted by atomic mass is 15.2. The number of rotatable bonds is 7. The first kappa shape index (κ1) is 16.5. The van der Waals surface area contributed by atoms with Gasteiger partial charge in [-0.25, -0.2) is 0 Å². The fraction of sp³-hybridized carbons (Fsp3) is 0.684. The van der Waals surface area contributed by atoms with E-state index in [2.05, 4.69) is 61.3 Å². The summed E-state index contributed by atoms with van der Waals surface area (Å²) in [6.07, 6.45) is 6.40. The van der Waals surface area contributed by atoms with Crippen molar-refractivity contribution in [3.05, 3.63) is 35.9 Å². The van der Waals surface area contributed by atoms with Crippen LogP contribution in [0, 0.1) is 0 Å². The summed E-state index contributed by atoms with van der Waals surface area (Å²) >= 11 is 0. The summed E-state index contributed by atoms with van der Waals surface area (Å²) in [6, 6.07) is 12.9. The molecule has 1 aliphatic heterocycles. The van der Waals surface area contributed by atoms with Crippen LogP contribution in [0.2, 0.25) is 0 Å². The third kappa shape index (κ3) is 5.12. The molecule has 2 nitrogen and oxygen atoms in total. The smallest absolute Gasteiger partial charge is 0.0322 e. The molecule has 1 aliphatic rings. The molecule has 2 rings (SSSR count). The molecule has 0 spiro atoms. The minimum Gasteiger partial charge on any atom is -0.307 e. The van der Waals surface area contributed by atoms with Gasteiger partial charge in [-0.05, 0) is 51.8 Å². The maximum absolute atomic E-state index is 3.94. The molecular formula is C19H32N2. The van der Waals surface area contributed by atoms with Crippen LogP contribution in [0.4, 0.5) is 0 Å². The Bertz CT molecular complexity index is 380. The monoisotopic (exact) mass is 288 g/mol. The van der Waals surface area contributed by atoms with Gasteiger partial charge in [0, 0.05) is 18.1 Å². The molecule has 0 aliphatic carbocycles. The molecule has 0 amide bonds. The van der Waals surface area contributed by atoms with Crippen LogP contribution in [0.5, 0.6) is 0 Å². The maximum atomic E-state index is 3.94. The molecule has 2 heteroatoms. The van der Waals surface area contributed by atoms with E-state index in [0.29, 0.717) is 18.1 Å². The molecule has 0 saturated carbocycles. The van der Waals surface area contributed by atoms with Crippen molar-refractivity contribution in [2.24, 2.45) is 0 Å². The quantitative estimate of drug-likeness (QED) is 0.801. The lowest BCUT2D eigenvalue weighted by Gasteiger charge is -2.36. The average molecular weight is 288 g/mol. The summed E-state index contributed by atoms with van der Waals surface area (Å²) < 4.78 is 0. The first-order chi connectivity index (χ1) is 10.2. The zero-order valence-corrected chi connectivity index (χ0v) is 14.0. The summed E-state index contributed by atoms with van der Waals surface area (Å²) in [7, 11) is 0. The number of unbranched alkanes of at least 4 members (excludes halogenated alkanes) is 1. The zero-order chi connectivity index (χ0) is 15.1.